The highest BCUT2D eigenvalue weighted by atomic mass is 16.5. The molecular weight excluding hydrogens is 420 g/mol. The number of carbonyl (C=O) groups is 4. The van der Waals surface area contributed by atoms with Crippen molar-refractivity contribution in [3.63, 3.8) is 0 Å². The highest BCUT2D eigenvalue weighted by molar-refractivity contribution is 6.05. The van der Waals surface area contributed by atoms with E-state index in [2.05, 4.69) is 5.32 Å². The molecule has 2 rings (SSSR count). The molecule has 2 heterocycles. The largest absolute Gasteiger partial charge is 0.463 e. The quantitative estimate of drug-likeness (QED) is 0.446. The first-order valence-corrected chi connectivity index (χ1v) is 10.7. The highest BCUT2D eigenvalue weighted by Crippen LogP contribution is 2.32. The SMILES string of the molecule is CCOC(=O)C1=C(C)NC(C)=C(C(=O)OCC)C1C(=O)OCC(=O)N1C[C@@H](C)O[C@@H](C)C1. The lowest BCUT2D eigenvalue weighted by Gasteiger charge is -2.35. The molecule has 10 nitrogen and oxygen atoms in total. The maximum absolute atomic E-state index is 13.1. The maximum Gasteiger partial charge on any atom is 0.337 e. The van der Waals surface area contributed by atoms with Crippen LogP contribution in [0.3, 0.4) is 0 Å². The molecule has 0 unspecified atom stereocenters. The third-order valence-corrected chi connectivity index (χ3v) is 5.10. The van der Waals surface area contributed by atoms with Crippen LogP contribution in [0.15, 0.2) is 22.5 Å². The van der Waals surface area contributed by atoms with Gasteiger partial charge in [0.05, 0.1) is 36.6 Å². The zero-order valence-corrected chi connectivity index (χ0v) is 19.5. The van der Waals surface area contributed by atoms with Crippen LogP contribution < -0.4 is 5.32 Å². The van der Waals surface area contributed by atoms with E-state index in [-0.39, 0.29) is 42.5 Å². The van der Waals surface area contributed by atoms with Crippen molar-refractivity contribution in [2.24, 2.45) is 5.92 Å². The third kappa shape index (κ3) is 5.87. The van der Waals surface area contributed by atoms with Crippen LogP contribution in [0.1, 0.15) is 41.5 Å². The van der Waals surface area contributed by atoms with E-state index >= 15 is 0 Å². The van der Waals surface area contributed by atoms with Crippen LogP contribution in [0.5, 0.6) is 0 Å². The summed E-state index contributed by atoms with van der Waals surface area (Å²) in [6, 6.07) is 0. The molecule has 0 aromatic carbocycles. The lowest BCUT2D eigenvalue weighted by atomic mass is 9.85. The minimum absolute atomic E-state index is 0.0495. The Balaban J connectivity index is 2.26. The zero-order chi connectivity index (χ0) is 24.0. The van der Waals surface area contributed by atoms with Crippen molar-refractivity contribution < 1.29 is 38.1 Å². The molecule has 2 aliphatic rings. The average molecular weight is 453 g/mol. The number of carbonyl (C=O) groups excluding carboxylic acids is 4. The molecule has 1 N–H and O–H groups in total. The van der Waals surface area contributed by atoms with E-state index in [1.807, 2.05) is 13.8 Å². The van der Waals surface area contributed by atoms with E-state index in [0.29, 0.717) is 24.5 Å². The van der Waals surface area contributed by atoms with Gasteiger partial charge in [0, 0.05) is 24.5 Å². The predicted octanol–water partition coefficient (Wildman–Crippen LogP) is 1.06. The molecule has 0 radical (unpaired) electrons. The second kappa shape index (κ2) is 11.1. The van der Waals surface area contributed by atoms with E-state index in [1.54, 1.807) is 32.6 Å². The number of nitrogens with one attached hydrogen (secondary N) is 1. The van der Waals surface area contributed by atoms with Crippen LogP contribution in [0.4, 0.5) is 0 Å². The van der Waals surface area contributed by atoms with Gasteiger partial charge in [0.15, 0.2) is 6.61 Å². The smallest absolute Gasteiger partial charge is 0.337 e. The molecule has 1 saturated heterocycles. The summed E-state index contributed by atoms with van der Waals surface area (Å²) >= 11 is 0. The molecule has 178 valence electrons. The van der Waals surface area contributed by atoms with E-state index < -0.39 is 30.4 Å². The van der Waals surface area contributed by atoms with Gasteiger partial charge in [-0.2, -0.15) is 0 Å². The topological polar surface area (TPSA) is 120 Å². The molecule has 0 aromatic rings. The maximum atomic E-state index is 13.1. The first-order valence-electron chi connectivity index (χ1n) is 10.7. The number of allylic oxidation sites excluding steroid dienone is 2. The molecule has 0 bridgehead atoms. The lowest BCUT2D eigenvalue weighted by Crippen LogP contribution is -2.49. The second-order valence-electron chi connectivity index (χ2n) is 7.74. The molecule has 2 aliphatic heterocycles. The number of ether oxygens (including phenoxy) is 4. The fraction of sp³-hybridized carbons (Fsp3) is 0.636. The monoisotopic (exact) mass is 452 g/mol. The Kier molecular flexibility index (Phi) is 8.82. The van der Waals surface area contributed by atoms with Crippen molar-refractivity contribution in [2.75, 3.05) is 32.9 Å². The predicted molar refractivity (Wildman–Crippen MR) is 113 cm³/mol. The molecule has 2 atom stereocenters. The summed E-state index contributed by atoms with van der Waals surface area (Å²) in [7, 11) is 0. The number of hydrogen-bond donors (Lipinski definition) is 1. The van der Waals surface area contributed by atoms with Crippen molar-refractivity contribution in [3.05, 3.63) is 22.5 Å². The first kappa shape index (κ1) is 25.4. The minimum atomic E-state index is -1.37. The summed E-state index contributed by atoms with van der Waals surface area (Å²) < 4.78 is 21.1. The van der Waals surface area contributed by atoms with Gasteiger partial charge in [0.2, 0.25) is 0 Å². The van der Waals surface area contributed by atoms with Gasteiger partial charge in [0.25, 0.3) is 5.91 Å². The Morgan fingerprint density at radius 2 is 1.38 bits per heavy atom. The Morgan fingerprint density at radius 1 is 0.906 bits per heavy atom. The molecule has 0 saturated carbocycles. The van der Waals surface area contributed by atoms with Gasteiger partial charge >= 0.3 is 17.9 Å². The van der Waals surface area contributed by atoms with E-state index in [9.17, 15) is 19.2 Å². The number of rotatable bonds is 7. The second-order valence-corrected chi connectivity index (χ2v) is 7.74. The Hall–Kier alpha value is -2.88. The van der Waals surface area contributed by atoms with Gasteiger partial charge in [-0.3, -0.25) is 9.59 Å². The summed E-state index contributed by atoms with van der Waals surface area (Å²) in [6.07, 6.45) is -0.269. The fourth-order valence-electron chi connectivity index (χ4n) is 3.88. The molecule has 0 aromatic heterocycles. The van der Waals surface area contributed by atoms with Crippen LogP contribution in [0.25, 0.3) is 0 Å². The fourth-order valence-corrected chi connectivity index (χ4v) is 3.88. The molecule has 32 heavy (non-hydrogen) atoms. The van der Waals surface area contributed by atoms with Gasteiger partial charge < -0.3 is 29.2 Å². The minimum Gasteiger partial charge on any atom is -0.463 e. The molecule has 10 heteroatoms. The highest BCUT2D eigenvalue weighted by Gasteiger charge is 2.43. The molecule has 1 amide bonds. The normalized spacial score (nSPS) is 21.8. The standard InChI is InChI=1S/C22H32N2O8/c1-7-29-20(26)17-14(5)23-15(6)18(21(27)30-8-2)19(17)22(28)31-11-16(25)24-9-12(3)32-13(4)10-24/h12-13,19,23H,7-11H2,1-6H3/t12-,13+. The Labute approximate surface area is 187 Å². The van der Waals surface area contributed by atoms with E-state index in [1.165, 1.54) is 0 Å². The number of nitrogens with zero attached hydrogens (tertiary/aromatic N) is 1. The third-order valence-electron chi connectivity index (χ3n) is 5.10. The van der Waals surface area contributed by atoms with Crippen LogP contribution in [0, 0.1) is 5.92 Å². The number of hydrogen-bond acceptors (Lipinski definition) is 9. The first-order chi connectivity index (χ1) is 15.1. The van der Waals surface area contributed by atoms with Crippen molar-refractivity contribution in [1.29, 1.82) is 0 Å². The van der Waals surface area contributed by atoms with Gasteiger partial charge in [-0.15, -0.1) is 0 Å². The number of morpholine rings is 1. The number of amides is 1. The van der Waals surface area contributed by atoms with Gasteiger partial charge in [-0.1, -0.05) is 0 Å². The molecule has 0 aliphatic carbocycles. The van der Waals surface area contributed by atoms with Crippen LogP contribution in [-0.4, -0.2) is 73.8 Å². The Bertz CT molecular complexity index is 782. The summed E-state index contributed by atoms with van der Waals surface area (Å²) in [5.41, 5.74) is 0.620. The Morgan fingerprint density at radius 3 is 1.81 bits per heavy atom. The molecule has 0 spiro atoms. The average Bonchev–Trinajstić information content (AvgIpc) is 2.70. The van der Waals surface area contributed by atoms with E-state index in [0.717, 1.165) is 0 Å². The van der Waals surface area contributed by atoms with Crippen molar-refractivity contribution >= 4 is 23.8 Å². The molecular formula is C22H32N2O8. The van der Waals surface area contributed by atoms with Crippen molar-refractivity contribution in [2.45, 2.75) is 53.8 Å². The van der Waals surface area contributed by atoms with E-state index in [4.69, 9.17) is 18.9 Å². The molecule has 1 fully saturated rings. The van der Waals surface area contributed by atoms with Gasteiger partial charge in [-0.05, 0) is 41.5 Å². The van der Waals surface area contributed by atoms with Crippen LogP contribution in [0.2, 0.25) is 0 Å². The van der Waals surface area contributed by atoms with Crippen LogP contribution in [-0.2, 0) is 38.1 Å². The van der Waals surface area contributed by atoms with Crippen molar-refractivity contribution in [3.8, 4) is 0 Å². The summed E-state index contributed by atoms with van der Waals surface area (Å²) in [6.45, 7) is 10.6. The zero-order valence-electron chi connectivity index (χ0n) is 19.5. The van der Waals surface area contributed by atoms with Crippen molar-refractivity contribution in [1.82, 2.24) is 10.2 Å². The number of dihydropyridines is 1. The lowest BCUT2D eigenvalue weighted by molar-refractivity contribution is -0.160. The van der Waals surface area contributed by atoms with Gasteiger partial charge in [-0.25, -0.2) is 9.59 Å². The summed E-state index contributed by atoms with van der Waals surface area (Å²) in [5.74, 6) is -4.17. The summed E-state index contributed by atoms with van der Waals surface area (Å²) in [5, 5.41) is 2.93. The van der Waals surface area contributed by atoms with Crippen LogP contribution >= 0.6 is 0 Å². The van der Waals surface area contributed by atoms with Gasteiger partial charge in [0.1, 0.15) is 5.92 Å². The number of esters is 3. The summed E-state index contributed by atoms with van der Waals surface area (Å²) in [4.78, 5) is 52.5.